The van der Waals surface area contributed by atoms with Crippen LogP contribution in [-0.4, -0.2) is 17.8 Å². The molecule has 2 rings (SSSR count). The molecule has 1 aromatic carbocycles. The van der Waals surface area contributed by atoms with E-state index in [1.807, 2.05) is 19.1 Å². The lowest BCUT2D eigenvalue weighted by molar-refractivity contribution is 0.274. The van der Waals surface area contributed by atoms with Gasteiger partial charge in [-0.1, -0.05) is 48.0 Å². The highest BCUT2D eigenvalue weighted by molar-refractivity contribution is 6.29. The largest absolute Gasteiger partial charge is 0.395 e. The second-order valence-electron chi connectivity index (χ2n) is 5.56. The summed E-state index contributed by atoms with van der Waals surface area (Å²) >= 11 is 6.02. The molecule has 0 radical (unpaired) electrons. The van der Waals surface area contributed by atoms with Crippen molar-refractivity contribution in [3.63, 3.8) is 0 Å². The summed E-state index contributed by atoms with van der Waals surface area (Å²) in [4.78, 5) is 0. The number of allylic oxidation sites excluding steroid dienone is 3. The molecule has 3 N–H and O–H groups in total. The SMILES string of the molecule is C=CC(C=C(C=C(C)Cl)c1ccc(C2CC2N)cc1)CO. The Morgan fingerprint density at radius 1 is 1.48 bits per heavy atom. The summed E-state index contributed by atoms with van der Waals surface area (Å²) in [7, 11) is 0. The average Bonchev–Trinajstić information content (AvgIpc) is 3.20. The first-order valence-corrected chi connectivity index (χ1v) is 7.58. The molecule has 0 saturated heterocycles. The molecule has 1 aliphatic rings. The Morgan fingerprint density at radius 3 is 2.52 bits per heavy atom. The van der Waals surface area contributed by atoms with Crippen molar-refractivity contribution in [3.8, 4) is 0 Å². The molecular weight excluding hydrogens is 282 g/mol. The zero-order chi connectivity index (χ0) is 15.4. The lowest BCUT2D eigenvalue weighted by atomic mass is 9.98. The van der Waals surface area contributed by atoms with Crippen LogP contribution in [0, 0.1) is 5.92 Å². The van der Waals surface area contributed by atoms with Gasteiger partial charge in [-0.05, 0) is 36.1 Å². The summed E-state index contributed by atoms with van der Waals surface area (Å²) in [6.45, 7) is 5.62. The highest BCUT2D eigenvalue weighted by Gasteiger charge is 2.34. The molecule has 21 heavy (non-hydrogen) atoms. The highest BCUT2D eigenvalue weighted by atomic mass is 35.5. The number of aliphatic hydroxyl groups excluding tert-OH is 1. The molecule has 0 amide bonds. The van der Waals surface area contributed by atoms with Crippen molar-refractivity contribution in [1.29, 1.82) is 0 Å². The molecule has 0 heterocycles. The Morgan fingerprint density at radius 2 is 2.10 bits per heavy atom. The molecule has 3 heteroatoms. The summed E-state index contributed by atoms with van der Waals surface area (Å²) in [6, 6.07) is 8.73. The van der Waals surface area contributed by atoms with E-state index in [-0.39, 0.29) is 12.5 Å². The number of hydrogen-bond acceptors (Lipinski definition) is 2. The van der Waals surface area contributed by atoms with Crippen LogP contribution in [0.1, 0.15) is 30.4 Å². The van der Waals surface area contributed by atoms with E-state index in [9.17, 15) is 5.11 Å². The normalized spacial score (nSPS) is 23.8. The zero-order valence-corrected chi connectivity index (χ0v) is 13.1. The third-order valence-corrected chi connectivity index (χ3v) is 3.88. The van der Waals surface area contributed by atoms with Crippen LogP contribution in [0.3, 0.4) is 0 Å². The highest BCUT2D eigenvalue weighted by Crippen LogP contribution is 2.39. The lowest BCUT2D eigenvalue weighted by Crippen LogP contribution is -2.01. The van der Waals surface area contributed by atoms with E-state index in [4.69, 9.17) is 17.3 Å². The van der Waals surface area contributed by atoms with Crippen LogP contribution in [0.2, 0.25) is 0 Å². The molecule has 3 atom stereocenters. The van der Waals surface area contributed by atoms with Gasteiger partial charge >= 0.3 is 0 Å². The first-order chi connectivity index (χ1) is 10.0. The first kappa shape index (κ1) is 16.0. The lowest BCUT2D eigenvalue weighted by Gasteiger charge is -2.09. The van der Waals surface area contributed by atoms with Gasteiger partial charge in [-0.3, -0.25) is 0 Å². The maximum absolute atomic E-state index is 9.33. The Balaban J connectivity index is 2.28. The van der Waals surface area contributed by atoms with Crippen molar-refractivity contribution in [1.82, 2.24) is 0 Å². The summed E-state index contributed by atoms with van der Waals surface area (Å²) in [5.74, 6) is 0.430. The van der Waals surface area contributed by atoms with Gasteiger partial charge in [0.2, 0.25) is 0 Å². The van der Waals surface area contributed by atoms with Crippen molar-refractivity contribution in [2.75, 3.05) is 6.61 Å². The fourth-order valence-corrected chi connectivity index (χ4v) is 2.51. The third kappa shape index (κ3) is 4.31. The van der Waals surface area contributed by atoms with Gasteiger partial charge in [0.25, 0.3) is 0 Å². The maximum atomic E-state index is 9.33. The average molecular weight is 304 g/mol. The van der Waals surface area contributed by atoms with Crippen LogP contribution in [0.15, 0.2) is 54.1 Å². The molecule has 2 nitrogen and oxygen atoms in total. The van der Waals surface area contributed by atoms with Gasteiger partial charge in [-0.25, -0.2) is 0 Å². The van der Waals surface area contributed by atoms with E-state index in [0.29, 0.717) is 17.0 Å². The molecule has 0 aromatic heterocycles. The standard InChI is InChI=1S/C18H22ClNO/c1-3-13(11-21)9-16(8-12(2)19)14-4-6-15(7-5-14)17-10-18(17)20/h3-9,13,17-18,21H,1,10-11,20H2,2H3. The van der Waals surface area contributed by atoms with Crippen LogP contribution in [-0.2, 0) is 0 Å². The van der Waals surface area contributed by atoms with Gasteiger partial charge in [0.1, 0.15) is 0 Å². The van der Waals surface area contributed by atoms with E-state index in [1.165, 1.54) is 5.56 Å². The molecule has 1 saturated carbocycles. The molecule has 3 unspecified atom stereocenters. The Bertz CT molecular complexity index is 555. The van der Waals surface area contributed by atoms with Crippen molar-refractivity contribution in [3.05, 3.63) is 65.2 Å². The van der Waals surface area contributed by atoms with Crippen molar-refractivity contribution in [2.24, 2.45) is 11.7 Å². The van der Waals surface area contributed by atoms with Crippen LogP contribution in [0.4, 0.5) is 0 Å². The van der Waals surface area contributed by atoms with Crippen LogP contribution < -0.4 is 5.73 Å². The monoisotopic (exact) mass is 303 g/mol. The van der Waals surface area contributed by atoms with Crippen molar-refractivity contribution in [2.45, 2.75) is 25.3 Å². The molecular formula is C18H22ClNO. The Kier molecular flexibility index (Phi) is 5.40. The maximum Gasteiger partial charge on any atom is 0.0528 e. The minimum absolute atomic E-state index is 0.0389. The van der Waals surface area contributed by atoms with Crippen molar-refractivity contribution >= 4 is 17.2 Å². The minimum atomic E-state index is -0.0798. The van der Waals surface area contributed by atoms with Gasteiger partial charge in [-0.15, -0.1) is 6.58 Å². The third-order valence-electron chi connectivity index (χ3n) is 3.77. The zero-order valence-electron chi connectivity index (χ0n) is 12.3. The van der Waals surface area contributed by atoms with Gasteiger partial charge in [0, 0.05) is 22.9 Å². The Hall–Kier alpha value is -1.35. The number of rotatable bonds is 6. The molecule has 0 bridgehead atoms. The minimum Gasteiger partial charge on any atom is -0.395 e. The summed E-state index contributed by atoms with van der Waals surface area (Å²) in [5, 5.41) is 10.0. The van der Waals surface area contributed by atoms with E-state index in [0.717, 1.165) is 17.6 Å². The smallest absolute Gasteiger partial charge is 0.0528 e. The molecule has 0 spiro atoms. The predicted octanol–water partition coefficient (Wildman–Crippen LogP) is 3.82. The summed E-state index contributed by atoms with van der Waals surface area (Å²) in [5.41, 5.74) is 9.25. The number of aliphatic hydroxyl groups is 1. The number of halogens is 1. The van der Waals surface area contributed by atoms with Gasteiger partial charge < -0.3 is 10.8 Å². The fraction of sp³-hybridized carbons (Fsp3) is 0.333. The predicted molar refractivity (Wildman–Crippen MR) is 90.1 cm³/mol. The fourth-order valence-electron chi connectivity index (χ4n) is 2.39. The Labute approximate surface area is 131 Å². The van der Waals surface area contributed by atoms with Crippen LogP contribution in [0.25, 0.3) is 5.57 Å². The van der Waals surface area contributed by atoms with Crippen LogP contribution >= 0.6 is 11.6 Å². The molecule has 1 fully saturated rings. The molecule has 0 aliphatic heterocycles. The van der Waals surface area contributed by atoms with E-state index < -0.39 is 0 Å². The number of hydrogen-bond donors (Lipinski definition) is 2. The second-order valence-corrected chi connectivity index (χ2v) is 6.16. The summed E-state index contributed by atoms with van der Waals surface area (Å²) < 4.78 is 0. The van der Waals surface area contributed by atoms with Crippen LogP contribution in [0.5, 0.6) is 0 Å². The topological polar surface area (TPSA) is 46.2 Å². The second kappa shape index (κ2) is 7.08. The van der Waals surface area contributed by atoms with Gasteiger partial charge in [0.15, 0.2) is 0 Å². The molecule has 1 aliphatic carbocycles. The van der Waals surface area contributed by atoms with E-state index in [2.05, 4.69) is 30.8 Å². The van der Waals surface area contributed by atoms with Gasteiger partial charge in [0.05, 0.1) is 6.61 Å². The summed E-state index contributed by atoms with van der Waals surface area (Å²) in [6.07, 6.45) is 6.70. The quantitative estimate of drug-likeness (QED) is 0.620. The van der Waals surface area contributed by atoms with E-state index in [1.54, 1.807) is 6.08 Å². The number of nitrogens with two attached hydrogens (primary N) is 1. The molecule has 1 aromatic rings. The van der Waals surface area contributed by atoms with Gasteiger partial charge in [-0.2, -0.15) is 0 Å². The van der Waals surface area contributed by atoms with Crippen molar-refractivity contribution < 1.29 is 5.11 Å². The number of benzene rings is 1. The molecule has 112 valence electrons. The van der Waals surface area contributed by atoms with E-state index >= 15 is 0 Å². The first-order valence-electron chi connectivity index (χ1n) is 7.20.